The number of amides is 2. The number of nitrogens with zero attached hydrogens (tertiary/aromatic N) is 1. The first-order valence-corrected chi connectivity index (χ1v) is 6.81. The molecule has 1 aliphatic heterocycles. The fourth-order valence-electron chi connectivity index (χ4n) is 1.41. The van der Waals surface area contributed by atoms with Crippen molar-refractivity contribution in [1.82, 2.24) is 0 Å². The van der Waals surface area contributed by atoms with Gasteiger partial charge in [0.05, 0.1) is 22.2 Å². The summed E-state index contributed by atoms with van der Waals surface area (Å²) in [5, 5.41) is 0.483. The van der Waals surface area contributed by atoms with E-state index in [-0.39, 0.29) is 11.8 Å². The second kappa shape index (κ2) is 4.77. The average molecular weight is 321 g/mol. The van der Waals surface area contributed by atoms with Gasteiger partial charge in [0.2, 0.25) is 11.8 Å². The Morgan fingerprint density at radius 3 is 2.44 bits per heavy atom. The van der Waals surface area contributed by atoms with E-state index in [2.05, 4.69) is 15.9 Å². The normalized spacial score (nSPS) is 16.8. The van der Waals surface area contributed by atoms with Crippen molar-refractivity contribution in [3.63, 3.8) is 0 Å². The molecule has 6 heteroatoms. The molecule has 0 unspecified atom stereocenters. The minimum absolute atomic E-state index is 0.195. The van der Waals surface area contributed by atoms with Gasteiger partial charge in [0, 0.05) is 4.47 Å². The fourth-order valence-corrected chi connectivity index (χ4v) is 2.54. The molecule has 2 amide bonds. The Kier molecular flexibility index (Phi) is 3.56. The number of rotatable bonds is 1. The van der Waals surface area contributed by atoms with Crippen LogP contribution in [0.1, 0.15) is 0 Å². The maximum Gasteiger partial charge on any atom is 0.243 e. The van der Waals surface area contributed by atoms with Crippen LogP contribution in [0.15, 0.2) is 22.7 Å². The highest BCUT2D eigenvalue weighted by Gasteiger charge is 2.27. The molecule has 0 aliphatic carbocycles. The summed E-state index contributed by atoms with van der Waals surface area (Å²) >= 11 is 10.5. The van der Waals surface area contributed by atoms with Gasteiger partial charge >= 0.3 is 0 Å². The van der Waals surface area contributed by atoms with E-state index in [4.69, 9.17) is 11.6 Å². The van der Waals surface area contributed by atoms with Gasteiger partial charge in [0.15, 0.2) is 0 Å². The number of anilines is 1. The predicted molar refractivity (Wildman–Crippen MR) is 69.0 cm³/mol. The molecule has 1 aromatic rings. The van der Waals surface area contributed by atoms with E-state index in [1.54, 1.807) is 18.2 Å². The van der Waals surface area contributed by atoms with Crippen molar-refractivity contribution in [2.45, 2.75) is 0 Å². The molecular formula is C10H7BrClNO2S. The van der Waals surface area contributed by atoms with E-state index >= 15 is 0 Å². The van der Waals surface area contributed by atoms with Crippen LogP contribution in [0, 0.1) is 0 Å². The van der Waals surface area contributed by atoms with Crippen molar-refractivity contribution in [2.24, 2.45) is 0 Å². The molecular weight excluding hydrogens is 314 g/mol. The maximum atomic E-state index is 11.6. The van der Waals surface area contributed by atoms with Gasteiger partial charge in [-0.25, -0.2) is 4.90 Å². The summed E-state index contributed by atoms with van der Waals surface area (Å²) in [6, 6.07) is 5.03. The molecule has 0 saturated carbocycles. The van der Waals surface area contributed by atoms with Crippen molar-refractivity contribution in [2.75, 3.05) is 16.4 Å². The number of imide groups is 1. The maximum absolute atomic E-state index is 11.6. The number of benzene rings is 1. The molecule has 1 saturated heterocycles. The monoisotopic (exact) mass is 319 g/mol. The van der Waals surface area contributed by atoms with Crippen molar-refractivity contribution in [3.05, 3.63) is 27.7 Å². The van der Waals surface area contributed by atoms with Gasteiger partial charge in [-0.2, -0.15) is 0 Å². The minimum Gasteiger partial charge on any atom is -0.273 e. The highest BCUT2D eigenvalue weighted by molar-refractivity contribution is 9.10. The van der Waals surface area contributed by atoms with Gasteiger partial charge in [0.25, 0.3) is 0 Å². The van der Waals surface area contributed by atoms with E-state index in [0.29, 0.717) is 22.2 Å². The molecule has 0 N–H and O–H groups in total. The molecule has 0 atom stereocenters. The summed E-state index contributed by atoms with van der Waals surface area (Å²) in [7, 11) is 0. The first kappa shape index (κ1) is 12.0. The predicted octanol–water partition coefficient (Wildman–Crippen LogP) is 2.71. The third-order valence-electron chi connectivity index (χ3n) is 2.11. The van der Waals surface area contributed by atoms with Crippen molar-refractivity contribution in [3.8, 4) is 0 Å². The highest BCUT2D eigenvalue weighted by atomic mass is 79.9. The minimum atomic E-state index is -0.195. The molecule has 0 bridgehead atoms. The lowest BCUT2D eigenvalue weighted by atomic mass is 10.3. The fraction of sp³-hybridized carbons (Fsp3) is 0.200. The summed E-state index contributed by atoms with van der Waals surface area (Å²) in [5.74, 6) is 0.276. The van der Waals surface area contributed by atoms with Gasteiger partial charge in [-0.05, 0) is 34.1 Å². The molecule has 1 aromatic carbocycles. The molecule has 0 radical (unpaired) electrons. The van der Waals surface area contributed by atoms with Crippen LogP contribution in [0.2, 0.25) is 5.02 Å². The van der Waals surface area contributed by atoms with Gasteiger partial charge in [0.1, 0.15) is 0 Å². The average Bonchev–Trinajstić information content (AvgIpc) is 2.23. The second-order valence-electron chi connectivity index (χ2n) is 3.21. The van der Waals surface area contributed by atoms with Crippen LogP contribution in [0.3, 0.4) is 0 Å². The summed E-state index contributed by atoms with van der Waals surface area (Å²) in [6.45, 7) is 0. The van der Waals surface area contributed by atoms with Crippen LogP contribution in [-0.2, 0) is 9.59 Å². The first-order chi connectivity index (χ1) is 7.59. The Labute approximate surface area is 110 Å². The number of carbonyl (C=O) groups excluding carboxylic acids is 2. The highest BCUT2D eigenvalue weighted by Crippen LogP contribution is 2.29. The third kappa shape index (κ3) is 2.26. The number of hydrogen-bond donors (Lipinski definition) is 0. The Hall–Kier alpha value is -0.520. The lowest BCUT2D eigenvalue weighted by Crippen LogP contribution is -2.43. The van der Waals surface area contributed by atoms with Gasteiger partial charge in [-0.1, -0.05) is 11.6 Å². The molecule has 3 nitrogen and oxygen atoms in total. The summed E-state index contributed by atoms with van der Waals surface area (Å²) < 4.78 is 0.740. The van der Waals surface area contributed by atoms with Crippen LogP contribution < -0.4 is 4.90 Å². The van der Waals surface area contributed by atoms with Crippen molar-refractivity contribution < 1.29 is 9.59 Å². The molecule has 2 rings (SSSR count). The van der Waals surface area contributed by atoms with E-state index in [1.165, 1.54) is 16.7 Å². The molecule has 0 aromatic heterocycles. The first-order valence-electron chi connectivity index (χ1n) is 4.48. The quantitative estimate of drug-likeness (QED) is 0.747. The second-order valence-corrected chi connectivity index (χ2v) is 5.46. The Balaban J connectivity index is 2.38. The van der Waals surface area contributed by atoms with Crippen LogP contribution in [0.25, 0.3) is 0 Å². The van der Waals surface area contributed by atoms with Crippen molar-refractivity contribution in [1.29, 1.82) is 0 Å². The number of carbonyl (C=O) groups is 2. The summed E-state index contributed by atoms with van der Waals surface area (Å²) in [6.07, 6.45) is 0. The van der Waals surface area contributed by atoms with E-state index in [0.717, 1.165) is 4.47 Å². The lowest BCUT2D eigenvalue weighted by molar-refractivity contribution is -0.124. The number of hydrogen-bond acceptors (Lipinski definition) is 3. The third-order valence-corrected chi connectivity index (χ3v) is 4.25. The molecule has 84 valence electrons. The van der Waals surface area contributed by atoms with E-state index in [9.17, 15) is 9.59 Å². The number of thioether (sulfide) groups is 1. The van der Waals surface area contributed by atoms with Crippen molar-refractivity contribution >= 4 is 56.8 Å². The van der Waals surface area contributed by atoms with Gasteiger partial charge < -0.3 is 0 Å². The number of halogens is 2. The van der Waals surface area contributed by atoms with E-state index in [1.807, 2.05) is 0 Å². The van der Waals surface area contributed by atoms with Crippen LogP contribution in [0.4, 0.5) is 5.69 Å². The standard InChI is InChI=1S/C10H7BrClNO2S/c11-7-2-1-6(3-8(7)12)13-9(14)4-16-5-10(13)15/h1-3H,4-5H2. The summed E-state index contributed by atoms with van der Waals surface area (Å²) in [4.78, 5) is 24.5. The molecule has 16 heavy (non-hydrogen) atoms. The molecule has 1 heterocycles. The zero-order chi connectivity index (χ0) is 11.7. The lowest BCUT2D eigenvalue weighted by Gasteiger charge is -2.24. The SMILES string of the molecule is O=C1CSCC(=O)N1c1ccc(Br)c(Cl)c1. The van der Waals surface area contributed by atoms with Crippen LogP contribution in [0.5, 0.6) is 0 Å². The smallest absolute Gasteiger partial charge is 0.243 e. The van der Waals surface area contributed by atoms with Crippen LogP contribution >= 0.6 is 39.3 Å². The molecule has 1 aliphatic rings. The van der Waals surface area contributed by atoms with E-state index < -0.39 is 0 Å². The molecule has 0 spiro atoms. The molecule has 1 fully saturated rings. The van der Waals surface area contributed by atoms with Gasteiger partial charge in [-0.15, -0.1) is 11.8 Å². The van der Waals surface area contributed by atoms with Gasteiger partial charge in [-0.3, -0.25) is 9.59 Å². The Morgan fingerprint density at radius 2 is 1.88 bits per heavy atom. The zero-order valence-electron chi connectivity index (χ0n) is 8.07. The topological polar surface area (TPSA) is 37.4 Å². The summed E-state index contributed by atoms with van der Waals surface area (Å²) in [5.41, 5.74) is 0.531. The Bertz CT molecular complexity index is 450. The van der Waals surface area contributed by atoms with Crippen LogP contribution in [-0.4, -0.2) is 23.3 Å². The zero-order valence-corrected chi connectivity index (χ0v) is 11.2. The Morgan fingerprint density at radius 1 is 1.25 bits per heavy atom. The largest absolute Gasteiger partial charge is 0.273 e.